The topological polar surface area (TPSA) is 122 Å². The summed E-state index contributed by atoms with van der Waals surface area (Å²) in [6.45, 7) is 9.10. The average Bonchev–Trinajstić information content (AvgIpc) is 2.93. The van der Waals surface area contributed by atoms with Gasteiger partial charge in [0.05, 0.1) is 17.8 Å². The fourth-order valence-electron chi connectivity index (χ4n) is 3.65. The van der Waals surface area contributed by atoms with Gasteiger partial charge >= 0.3 is 0 Å². The molecule has 0 aliphatic carbocycles. The number of rotatable bonds is 6. The van der Waals surface area contributed by atoms with Gasteiger partial charge in [-0.25, -0.2) is 4.98 Å². The Kier molecular flexibility index (Phi) is 11.6. The third-order valence-corrected chi connectivity index (χ3v) is 5.85. The molecule has 0 unspecified atom stereocenters. The van der Waals surface area contributed by atoms with Crippen LogP contribution in [0.2, 0.25) is 5.02 Å². The molecule has 3 aromatic rings. The molecule has 1 fully saturated rings. The molecule has 1 aliphatic rings. The molecule has 1 amide bonds. The SMILES string of the molecule is CC.CC.CNC(=O)COc1cc2cc(Nc3nc(N4CCC(O)CC4)ncc3Cl)ccc2n(C)c1=O. The number of nitrogens with zero attached hydrogens (tertiary/aromatic N) is 4. The van der Waals surface area contributed by atoms with Gasteiger partial charge < -0.3 is 29.9 Å². The van der Waals surface area contributed by atoms with Crippen molar-refractivity contribution in [1.82, 2.24) is 19.9 Å². The summed E-state index contributed by atoms with van der Waals surface area (Å²) in [5, 5.41) is 16.5. The molecule has 10 nitrogen and oxygen atoms in total. The first kappa shape index (κ1) is 29.9. The molecular weight excluding hydrogens is 496 g/mol. The Bertz CT molecular complexity index is 1240. The minimum Gasteiger partial charge on any atom is -0.478 e. The molecular formula is C26H37ClN6O4. The largest absolute Gasteiger partial charge is 0.478 e. The van der Waals surface area contributed by atoms with Crippen molar-refractivity contribution < 1.29 is 14.6 Å². The number of aliphatic hydroxyl groups excluding tert-OH is 1. The molecule has 0 radical (unpaired) electrons. The van der Waals surface area contributed by atoms with Crippen molar-refractivity contribution in [3.63, 3.8) is 0 Å². The van der Waals surface area contributed by atoms with Crippen LogP contribution in [0.4, 0.5) is 17.5 Å². The van der Waals surface area contributed by atoms with E-state index in [1.807, 2.05) is 50.8 Å². The zero-order valence-corrected chi connectivity index (χ0v) is 23.1. The van der Waals surface area contributed by atoms with Crippen LogP contribution in [0.5, 0.6) is 5.75 Å². The average molecular weight is 533 g/mol. The van der Waals surface area contributed by atoms with E-state index in [1.54, 1.807) is 19.3 Å². The maximum atomic E-state index is 12.5. The van der Waals surface area contributed by atoms with Gasteiger partial charge in [-0.3, -0.25) is 9.59 Å². The number of hydrogen-bond donors (Lipinski definition) is 3. The van der Waals surface area contributed by atoms with Gasteiger partial charge in [-0.05, 0) is 37.1 Å². The van der Waals surface area contributed by atoms with E-state index in [9.17, 15) is 14.7 Å². The Labute approximate surface area is 222 Å². The fraction of sp³-hybridized carbons (Fsp3) is 0.462. The predicted molar refractivity (Wildman–Crippen MR) is 149 cm³/mol. The third kappa shape index (κ3) is 7.56. The second-order valence-corrected chi connectivity index (χ2v) is 8.23. The summed E-state index contributed by atoms with van der Waals surface area (Å²) >= 11 is 6.33. The Balaban J connectivity index is 0.00000115. The van der Waals surface area contributed by atoms with Crippen molar-refractivity contribution in [3.8, 4) is 5.75 Å². The number of likely N-dealkylation sites (N-methyl/N-ethyl adjacent to an activating group) is 1. The molecule has 37 heavy (non-hydrogen) atoms. The van der Waals surface area contributed by atoms with Crippen LogP contribution >= 0.6 is 11.6 Å². The van der Waals surface area contributed by atoms with E-state index in [0.717, 1.165) is 5.39 Å². The number of halogens is 1. The number of hydrogen-bond acceptors (Lipinski definition) is 8. The Morgan fingerprint density at radius 1 is 1.19 bits per heavy atom. The normalized spacial score (nSPS) is 13.1. The van der Waals surface area contributed by atoms with E-state index >= 15 is 0 Å². The Hall–Kier alpha value is -3.37. The molecule has 11 heteroatoms. The monoisotopic (exact) mass is 532 g/mol. The van der Waals surface area contributed by atoms with Crippen molar-refractivity contribution in [1.29, 1.82) is 0 Å². The van der Waals surface area contributed by atoms with Crippen LogP contribution in [-0.4, -0.2) is 58.4 Å². The number of pyridine rings is 1. The number of ether oxygens (including phenoxy) is 1. The van der Waals surface area contributed by atoms with Gasteiger partial charge in [-0.2, -0.15) is 4.98 Å². The second kappa shape index (κ2) is 14.4. The molecule has 1 aromatic carbocycles. The lowest BCUT2D eigenvalue weighted by atomic mass is 10.1. The number of amides is 1. The lowest BCUT2D eigenvalue weighted by Crippen LogP contribution is -2.36. The first-order valence-electron chi connectivity index (χ1n) is 12.6. The van der Waals surface area contributed by atoms with Crippen molar-refractivity contribution in [3.05, 3.63) is 45.8 Å². The van der Waals surface area contributed by atoms with Crippen LogP contribution in [0.1, 0.15) is 40.5 Å². The Morgan fingerprint density at radius 3 is 2.51 bits per heavy atom. The van der Waals surface area contributed by atoms with E-state index in [-0.39, 0.29) is 29.9 Å². The summed E-state index contributed by atoms with van der Waals surface area (Å²) in [5.41, 5.74) is 1.08. The van der Waals surface area contributed by atoms with Crippen LogP contribution in [0.15, 0.2) is 35.3 Å². The second-order valence-electron chi connectivity index (χ2n) is 7.82. The summed E-state index contributed by atoms with van der Waals surface area (Å²) in [4.78, 5) is 35.0. The molecule has 2 aromatic heterocycles. The van der Waals surface area contributed by atoms with Crippen molar-refractivity contribution in [2.75, 3.05) is 37.0 Å². The van der Waals surface area contributed by atoms with Crippen LogP contribution < -0.4 is 25.8 Å². The smallest absolute Gasteiger partial charge is 0.293 e. The van der Waals surface area contributed by atoms with Crippen LogP contribution in [-0.2, 0) is 11.8 Å². The van der Waals surface area contributed by atoms with Gasteiger partial charge in [0.15, 0.2) is 18.2 Å². The van der Waals surface area contributed by atoms with Gasteiger partial charge in [0.1, 0.15) is 5.02 Å². The highest BCUT2D eigenvalue weighted by atomic mass is 35.5. The van der Waals surface area contributed by atoms with Gasteiger partial charge in [0.25, 0.3) is 11.5 Å². The van der Waals surface area contributed by atoms with Gasteiger partial charge in [-0.1, -0.05) is 39.3 Å². The van der Waals surface area contributed by atoms with Crippen molar-refractivity contribution in [2.45, 2.75) is 46.6 Å². The third-order valence-electron chi connectivity index (χ3n) is 5.57. The summed E-state index contributed by atoms with van der Waals surface area (Å²) in [6, 6.07) is 7.08. The van der Waals surface area contributed by atoms with Crippen LogP contribution in [0, 0.1) is 0 Å². The zero-order valence-electron chi connectivity index (χ0n) is 22.3. The molecule has 1 aliphatic heterocycles. The highest BCUT2D eigenvalue weighted by Crippen LogP contribution is 2.28. The maximum Gasteiger partial charge on any atom is 0.293 e. The van der Waals surface area contributed by atoms with E-state index in [0.29, 0.717) is 53.9 Å². The first-order valence-corrected chi connectivity index (χ1v) is 12.9. The minimum atomic E-state index is -0.331. The van der Waals surface area contributed by atoms with E-state index in [2.05, 4.69) is 20.6 Å². The summed E-state index contributed by atoms with van der Waals surface area (Å²) in [7, 11) is 3.15. The van der Waals surface area contributed by atoms with E-state index in [4.69, 9.17) is 16.3 Å². The summed E-state index contributed by atoms with van der Waals surface area (Å²) < 4.78 is 6.89. The maximum absolute atomic E-state index is 12.5. The van der Waals surface area contributed by atoms with Crippen molar-refractivity contribution in [2.24, 2.45) is 7.05 Å². The molecule has 0 atom stereocenters. The lowest BCUT2D eigenvalue weighted by molar-refractivity contribution is -0.122. The van der Waals surface area contributed by atoms with Gasteiger partial charge in [-0.15, -0.1) is 0 Å². The number of carbonyl (C=O) groups is 1. The van der Waals surface area contributed by atoms with Crippen LogP contribution in [0.3, 0.4) is 0 Å². The number of nitrogens with one attached hydrogen (secondary N) is 2. The number of anilines is 3. The summed E-state index contributed by atoms with van der Waals surface area (Å²) in [6.07, 6.45) is 2.60. The molecule has 0 bridgehead atoms. The quantitative estimate of drug-likeness (QED) is 0.437. The highest BCUT2D eigenvalue weighted by Gasteiger charge is 2.20. The number of aliphatic hydroxyl groups is 1. The number of fused-ring (bicyclic) bond motifs is 1. The highest BCUT2D eigenvalue weighted by molar-refractivity contribution is 6.32. The number of piperidine rings is 1. The lowest BCUT2D eigenvalue weighted by Gasteiger charge is -2.29. The van der Waals surface area contributed by atoms with Gasteiger partial charge in [0, 0.05) is 38.3 Å². The molecule has 0 saturated carbocycles. The number of aromatic nitrogens is 3. The number of aryl methyl sites for hydroxylation is 1. The molecule has 3 heterocycles. The number of carbonyl (C=O) groups excluding carboxylic acids is 1. The molecule has 1 saturated heterocycles. The molecule has 0 spiro atoms. The fourth-order valence-corrected chi connectivity index (χ4v) is 3.79. The van der Waals surface area contributed by atoms with Crippen LogP contribution in [0.25, 0.3) is 10.9 Å². The molecule has 202 valence electrons. The number of benzene rings is 1. The van der Waals surface area contributed by atoms with Crippen molar-refractivity contribution >= 4 is 45.9 Å². The van der Waals surface area contributed by atoms with E-state index < -0.39 is 0 Å². The standard InChI is InChI=1S/C22H25ClN6O4.2C2H6/c1-24-19(31)12-33-18-10-13-9-14(3-4-17(13)28(2)21(18)32)26-20-16(23)11-25-22(27-20)29-7-5-15(30)6-8-29;2*1-2/h3-4,9-11,15,30H,5-8,12H2,1-2H3,(H,24,31)(H,25,26,27);2*1-2H3. The first-order chi connectivity index (χ1) is 17.9. The summed E-state index contributed by atoms with van der Waals surface area (Å²) in [5.74, 6) is 0.750. The molecule has 3 N–H and O–H groups in total. The minimum absolute atomic E-state index is 0.0837. The van der Waals surface area contributed by atoms with Gasteiger partial charge in [0.2, 0.25) is 5.95 Å². The predicted octanol–water partition coefficient (Wildman–Crippen LogP) is 3.86. The molecule has 4 rings (SSSR count). The Morgan fingerprint density at radius 2 is 1.86 bits per heavy atom. The zero-order chi connectivity index (χ0) is 27.5. The van der Waals surface area contributed by atoms with E-state index in [1.165, 1.54) is 11.6 Å².